The molecular formula is C15H22F2N2O3S. The Kier molecular flexibility index (Phi) is 6.49. The summed E-state index contributed by atoms with van der Waals surface area (Å²) >= 11 is 0. The van der Waals surface area contributed by atoms with Crippen molar-refractivity contribution in [3.05, 3.63) is 35.4 Å². The molecule has 0 aromatic heterocycles. The fraction of sp³-hybridized carbons (Fsp3) is 0.533. The molecule has 1 rings (SSSR count). The summed E-state index contributed by atoms with van der Waals surface area (Å²) in [5.41, 5.74) is 0.298. The summed E-state index contributed by atoms with van der Waals surface area (Å²) in [5, 5.41) is 1.89. The first-order chi connectivity index (χ1) is 10.5. The Balaban J connectivity index is 2.56. The van der Waals surface area contributed by atoms with Crippen molar-refractivity contribution in [3.63, 3.8) is 0 Å². The summed E-state index contributed by atoms with van der Waals surface area (Å²) in [7, 11) is -1.76. The zero-order valence-electron chi connectivity index (χ0n) is 13.6. The number of benzene rings is 1. The van der Waals surface area contributed by atoms with Crippen LogP contribution in [0.15, 0.2) is 18.2 Å². The summed E-state index contributed by atoms with van der Waals surface area (Å²) in [6, 6.07) is 2.32. The predicted molar refractivity (Wildman–Crippen MR) is 85.0 cm³/mol. The summed E-state index contributed by atoms with van der Waals surface area (Å²) in [5.74, 6) is -1.31. The van der Waals surface area contributed by atoms with Gasteiger partial charge in [0.15, 0.2) is 9.84 Å². The van der Waals surface area contributed by atoms with Crippen LogP contribution < -0.4 is 5.32 Å². The Hall–Kier alpha value is -1.70. The van der Waals surface area contributed by atoms with Crippen molar-refractivity contribution < 1.29 is 22.0 Å². The normalized spacial score (nSPS) is 14.2. The van der Waals surface area contributed by atoms with E-state index in [0.29, 0.717) is 5.56 Å². The molecule has 5 nitrogen and oxygen atoms in total. The fourth-order valence-electron chi connectivity index (χ4n) is 2.01. The van der Waals surface area contributed by atoms with Crippen LogP contribution in [0.1, 0.15) is 19.4 Å². The zero-order valence-corrected chi connectivity index (χ0v) is 14.5. The van der Waals surface area contributed by atoms with E-state index in [-0.39, 0.29) is 13.0 Å². The molecule has 0 saturated carbocycles. The highest BCUT2D eigenvalue weighted by Gasteiger charge is 2.27. The van der Waals surface area contributed by atoms with E-state index in [1.54, 1.807) is 6.92 Å². The van der Waals surface area contributed by atoms with Gasteiger partial charge in [0.1, 0.15) is 11.6 Å². The third-order valence-electron chi connectivity index (χ3n) is 3.97. The van der Waals surface area contributed by atoms with Gasteiger partial charge in [0.2, 0.25) is 0 Å². The molecule has 2 atom stereocenters. The van der Waals surface area contributed by atoms with Crippen LogP contribution in [0, 0.1) is 11.6 Å². The summed E-state index contributed by atoms with van der Waals surface area (Å²) < 4.78 is 49.3. The second-order valence-corrected chi connectivity index (χ2v) is 8.01. The van der Waals surface area contributed by atoms with E-state index in [2.05, 4.69) is 5.32 Å². The minimum Gasteiger partial charge on any atom is -0.338 e. The van der Waals surface area contributed by atoms with Crippen molar-refractivity contribution in [1.82, 2.24) is 10.2 Å². The number of carbonyl (C=O) groups is 1. The highest BCUT2D eigenvalue weighted by Crippen LogP contribution is 2.11. The van der Waals surface area contributed by atoms with Gasteiger partial charge in [-0.2, -0.15) is 0 Å². The van der Waals surface area contributed by atoms with Crippen LogP contribution in [0.2, 0.25) is 0 Å². The highest BCUT2D eigenvalue weighted by atomic mass is 32.2. The van der Waals surface area contributed by atoms with Crippen LogP contribution in [-0.4, -0.2) is 50.5 Å². The molecule has 0 radical (unpaired) electrons. The smallest absolute Gasteiger partial charge is 0.317 e. The standard InChI is InChI=1S/C15H22F2N2O3S/c1-10(11(2)23(4,21)22)19(3)15(20)18-8-7-12-5-6-13(16)9-14(12)17/h5-6,9-11H,7-8H2,1-4H3,(H,18,20)/t10-,11+/m0/s1. The van der Waals surface area contributed by atoms with Crippen molar-refractivity contribution in [2.24, 2.45) is 0 Å². The largest absolute Gasteiger partial charge is 0.338 e. The minimum atomic E-state index is -3.26. The Morgan fingerprint density at radius 3 is 2.43 bits per heavy atom. The molecule has 0 heterocycles. The molecule has 1 aromatic carbocycles. The molecule has 23 heavy (non-hydrogen) atoms. The van der Waals surface area contributed by atoms with Gasteiger partial charge in [0, 0.05) is 32.0 Å². The third-order valence-corrected chi connectivity index (χ3v) is 5.72. The average molecular weight is 348 g/mol. The first-order valence-corrected chi connectivity index (χ1v) is 9.13. The number of hydrogen-bond acceptors (Lipinski definition) is 3. The molecule has 0 aliphatic carbocycles. The van der Waals surface area contributed by atoms with Crippen molar-refractivity contribution in [1.29, 1.82) is 0 Å². The Morgan fingerprint density at radius 1 is 1.30 bits per heavy atom. The van der Waals surface area contributed by atoms with Gasteiger partial charge in [-0.3, -0.25) is 0 Å². The number of rotatable bonds is 6. The van der Waals surface area contributed by atoms with Crippen molar-refractivity contribution >= 4 is 15.9 Å². The number of hydrogen-bond donors (Lipinski definition) is 1. The summed E-state index contributed by atoms with van der Waals surface area (Å²) in [4.78, 5) is 13.3. The van der Waals surface area contributed by atoms with Crippen molar-refractivity contribution in [2.75, 3.05) is 19.8 Å². The third kappa shape index (κ3) is 5.46. The van der Waals surface area contributed by atoms with E-state index < -0.39 is 38.8 Å². The Labute approximate surface area is 135 Å². The summed E-state index contributed by atoms with van der Waals surface area (Å²) in [6.07, 6.45) is 1.33. The maximum absolute atomic E-state index is 13.5. The van der Waals surface area contributed by atoms with Crippen LogP contribution in [0.25, 0.3) is 0 Å². The highest BCUT2D eigenvalue weighted by molar-refractivity contribution is 7.91. The number of amides is 2. The van der Waals surface area contributed by atoms with Gasteiger partial charge in [-0.15, -0.1) is 0 Å². The van der Waals surface area contributed by atoms with E-state index in [4.69, 9.17) is 0 Å². The number of nitrogens with zero attached hydrogens (tertiary/aromatic N) is 1. The van der Waals surface area contributed by atoms with E-state index in [9.17, 15) is 22.0 Å². The second-order valence-electron chi connectivity index (χ2n) is 5.60. The Morgan fingerprint density at radius 2 is 1.91 bits per heavy atom. The lowest BCUT2D eigenvalue weighted by molar-refractivity contribution is 0.193. The lowest BCUT2D eigenvalue weighted by Gasteiger charge is -2.29. The van der Waals surface area contributed by atoms with Gasteiger partial charge in [-0.1, -0.05) is 6.07 Å². The molecule has 0 spiro atoms. The van der Waals surface area contributed by atoms with E-state index in [0.717, 1.165) is 18.4 Å². The van der Waals surface area contributed by atoms with Crippen LogP contribution in [0.5, 0.6) is 0 Å². The topological polar surface area (TPSA) is 66.5 Å². The SMILES string of the molecule is C[C@H]([C@H](C)N(C)C(=O)NCCc1ccc(F)cc1F)S(C)(=O)=O. The van der Waals surface area contributed by atoms with Crippen molar-refractivity contribution in [3.8, 4) is 0 Å². The lowest BCUT2D eigenvalue weighted by atomic mass is 10.1. The first kappa shape index (κ1) is 19.3. The minimum absolute atomic E-state index is 0.158. The lowest BCUT2D eigenvalue weighted by Crippen LogP contribution is -2.48. The van der Waals surface area contributed by atoms with Crippen LogP contribution >= 0.6 is 0 Å². The molecule has 8 heteroatoms. The monoisotopic (exact) mass is 348 g/mol. The van der Waals surface area contributed by atoms with Gasteiger partial charge in [-0.25, -0.2) is 22.0 Å². The molecule has 0 bridgehead atoms. The Bertz CT molecular complexity index is 665. The van der Waals surface area contributed by atoms with Gasteiger partial charge in [0.25, 0.3) is 0 Å². The molecule has 0 saturated heterocycles. The molecule has 0 aliphatic heterocycles. The van der Waals surface area contributed by atoms with Gasteiger partial charge in [-0.05, 0) is 31.9 Å². The molecule has 1 aromatic rings. The van der Waals surface area contributed by atoms with E-state index in [1.807, 2.05) is 0 Å². The molecule has 0 fully saturated rings. The molecule has 0 aliphatic rings. The second kappa shape index (κ2) is 7.72. The fourth-order valence-corrected chi connectivity index (χ4v) is 2.91. The average Bonchev–Trinajstić information content (AvgIpc) is 2.46. The van der Waals surface area contributed by atoms with E-state index in [1.165, 1.54) is 24.9 Å². The first-order valence-electron chi connectivity index (χ1n) is 7.17. The van der Waals surface area contributed by atoms with Crippen molar-refractivity contribution in [2.45, 2.75) is 31.6 Å². The van der Waals surface area contributed by atoms with Gasteiger partial charge >= 0.3 is 6.03 Å². The molecule has 2 amide bonds. The van der Waals surface area contributed by atoms with E-state index >= 15 is 0 Å². The number of nitrogens with one attached hydrogen (secondary N) is 1. The maximum Gasteiger partial charge on any atom is 0.317 e. The quantitative estimate of drug-likeness (QED) is 0.855. The number of sulfone groups is 1. The summed E-state index contributed by atoms with van der Waals surface area (Å²) in [6.45, 7) is 3.34. The predicted octanol–water partition coefficient (Wildman–Crippen LogP) is 1.97. The molecule has 130 valence electrons. The van der Waals surface area contributed by atoms with Gasteiger partial charge < -0.3 is 10.2 Å². The molecule has 0 unspecified atom stereocenters. The maximum atomic E-state index is 13.5. The van der Waals surface area contributed by atoms with Crippen LogP contribution in [-0.2, 0) is 16.3 Å². The molecule has 1 N–H and O–H groups in total. The number of halogens is 2. The van der Waals surface area contributed by atoms with Crippen LogP contribution in [0.4, 0.5) is 13.6 Å². The van der Waals surface area contributed by atoms with Gasteiger partial charge in [0.05, 0.1) is 5.25 Å². The van der Waals surface area contributed by atoms with Crippen LogP contribution in [0.3, 0.4) is 0 Å². The molecular weight excluding hydrogens is 326 g/mol. The zero-order chi connectivity index (χ0) is 17.8. The number of carbonyl (C=O) groups excluding carboxylic acids is 1. The number of urea groups is 1.